The van der Waals surface area contributed by atoms with E-state index >= 15 is 0 Å². The molecule has 2 heterocycles. The van der Waals surface area contributed by atoms with Crippen molar-refractivity contribution < 1.29 is 23.7 Å². The number of benzene rings is 1. The van der Waals surface area contributed by atoms with Gasteiger partial charge in [0.15, 0.2) is 5.76 Å². The van der Waals surface area contributed by atoms with Crippen molar-refractivity contribution in [1.82, 2.24) is 4.90 Å². The lowest BCUT2D eigenvalue weighted by Gasteiger charge is -2.04. The number of imide groups is 1. The molecule has 0 aliphatic carbocycles. The molecule has 9 nitrogen and oxygen atoms in total. The number of rotatable bonds is 3. The monoisotopic (exact) mass is 315 g/mol. The zero-order chi connectivity index (χ0) is 16.7. The first-order valence-corrected chi connectivity index (χ1v) is 6.40. The van der Waals surface area contributed by atoms with Gasteiger partial charge >= 0.3 is 5.88 Å². The molecule has 1 aromatic carbocycles. The van der Waals surface area contributed by atoms with E-state index in [1.807, 2.05) is 0 Å². The van der Waals surface area contributed by atoms with E-state index in [4.69, 9.17) is 4.42 Å². The maximum atomic E-state index is 12.0. The van der Waals surface area contributed by atoms with Crippen molar-refractivity contribution in [3.63, 3.8) is 0 Å². The molecule has 2 aromatic rings. The minimum atomic E-state index is -0.758. The van der Waals surface area contributed by atoms with Crippen molar-refractivity contribution in [3.05, 3.63) is 57.3 Å². The number of carbonyl (C=O) groups is 3. The van der Waals surface area contributed by atoms with Gasteiger partial charge in [0.2, 0.25) is 0 Å². The zero-order valence-electron chi connectivity index (χ0n) is 11.7. The normalized spacial score (nSPS) is 13.2. The van der Waals surface area contributed by atoms with Gasteiger partial charge in [-0.3, -0.25) is 29.4 Å². The van der Waals surface area contributed by atoms with Gasteiger partial charge in [0.1, 0.15) is 4.92 Å². The number of nitrogens with one attached hydrogen (secondary N) is 1. The molecule has 0 radical (unpaired) electrons. The molecule has 0 atom stereocenters. The number of nitrogens with zero attached hydrogens (tertiary/aromatic N) is 2. The number of carbonyl (C=O) groups excluding carboxylic acids is 3. The summed E-state index contributed by atoms with van der Waals surface area (Å²) in [4.78, 5) is 46.4. The Morgan fingerprint density at radius 3 is 2.52 bits per heavy atom. The fourth-order valence-corrected chi connectivity index (χ4v) is 2.18. The summed E-state index contributed by atoms with van der Waals surface area (Å²) in [7, 11) is 1.37. The standard InChI is InChI=1S/C14H9N3O6/c1-16-13(19)8-3-2-7(6-9(8)14(16)20)15-12(18)10-4-5-11(23-10)17(21)22/h2-6H,1H3,(H,15,18). The molecule has 1 aromatic heterocycles. The van der Waals surface area contributed by atoms with Crippen LogP contribution in [-0.4, -0.2) is 34.6 Å². The summed E-state index contributed by atoms with van der Waals surface area (Å²) < 4.78 is 4.79. The molecule has 1 aliphatic heterocycles. The highest BCUT2D eigenvalue weighted by atomic mass is 16.6. The van der Waals surface area contributed by atoms with Crippen molar-refractivity contribution in [1.29, 1.82) is 0 Å². The maximum absolute atomic E-state index is 12.0. The summed E-state index contributed by atoms with van der Waals surface area (Å²) >= 11 is 0. The molecule has 3 rings (SSSR count). The molecule has 3 amide bonds. The predicted octanol–water partition coefficient (Wildman–Crippen LogP) is 1.67. The minimum absolute atomic E-state index is 0.181. The Hall–Kier alpha value is -3.49. The largest absolute Gasteiger partial charge is 0.433 e. The maximum Gasteiger partial charge on any atom is 0.433 e. The summed E-state index contributed by atoms with van der Waals surface area (Å²) in [6.45, 7) is 0. The number of hydrogen-bond donors (Lipinski definition) is 1. The van der Waals surface area contributed by atoms with Crippen LogP contribution < -0.4 is 5.32 Å². The van der Waals surface area contributed by atoms with Crippen LogP contribution >= 0.6 is 0 Å². The van der Waals surface area contributed by atoms with E-state index in [0.717, 1.165) is 11.0 Å². The number of nitro groups is 1. The smallest absolute Gasteiger partial charge is 0.395 e. The van der Waals surface area contributed by atoms with E-state index in [0.29, 0.717) is 0 Å². The van der Waals surface area contributed by atoms with Crippen LogP contribution in [0.4, 0.5) is 11.6 Å². The van der Waals surface area contributed by atoms with Crippen LogP contribution in [0.5, 0.6) is 0 Å². The summed E-state index contributed by atoms with van der Waals surface area (Å²) in [5.41, 5.74) is 0.703. The number of anilines is 1. The van der Waals surface area contributed by atoms with Crippen molar-refractivity contribution in [3.8, 4) is 0 Å². The third-order valence-corrected chi connectivity index (χ3v) is 3.34. The summed E-state index contributed by atoms with van der Waals surface area (Å²) in [5.74, 6) is -2.37. The van der Waals surface area contributed by atoms with Crippen LogP contribution in [0.3, 0.4) is 0 Å². The van der Waals surface area contributed by atoms with Crippen LogP contribution in [0.1, 0.15) is 31.3 Å². The zero-order valence-corrected chi connectivity index (χ0v) is 11.7. The SMILES string of the molecule is CN1C(=O)c2ccc(NC(=O)c3ccc([N+](=O)[O-])o3)cc2C1=O. The molecule has 0 fully saturated rings. The van der Waals surface area contributed by atoms with Crippen LogP contribution in [0.25, 0.3) is 0 Å². The van der Waals surface area contributed by atoms with Crippen molar-refractivity contribution in [2.24, 2.45) is 0 Å². The fraction of sp³-hybridized carbons (Fsp3) is 0.0714. The fourth-order valence-electron chi connectivity index (χ4n) is 2.18. The lowest BCUT2D eigenvalue weighted by Crippen LogP contribution is -2.24. The Balaban J connectivity index is 1.84. The third-order valence-electron chi connectivity index (χ3n) is 3.34. The van der Waals surface area contributed by atoms with Gasteiger partial charge in [0.05, 0.1) is 17.2 Å². The van der Waals surface area contributed by atoms with E-state index in [1.54, 1.807) is 0 Å². The van der Waals surface area contributed by atoms with Crippen LogP contribution in [-0.2, 0) is 0 Å². The van der Waals surface area contributed by atoms with Gasteiger partial charge in [-0.15, -0.1) is 0 Å². The first-order valence-electron chi connectivity index (χ1n) is 6.40. The van der Waals surface area contributed by atoms with Gasteiger partial charge in [0, 0.05) is 12.7 Å². The number of furan rings is 1. The van der Waals surface area contributed by atoms with Crippen LogP contribution in [0.15, 0.2) is 34.7 Å². The topological polar surface area (TPSA) is 123 Å². The first kappa shape index (κ1) is 14.4. The van der Waals surface area contributed by atoms with Gasteiger partial charge in [0.25, 0.3) is 17.7 Å². The number of amides is 3. The molecule has 0 spiro atoms. The second-order valence-electron chi connectivity index (χ2n) is 4.78. The van der Waals surface area contributed by atoms with E-state index < -0.39 is 28.5 Å². The second kappa shape index (κ2) is 5.05. The minimum Gasteiger partial charge on any atom is -0.395 e. The Morgan fingerprint density at radius 1 is 1.17 bits per heavy atom. The highest BCUT2D eigenvalue weighted by Crippen LogP contribution is 2.25. The van der Waals surface area contributed by atoms with Crippen molar-refractivity contribution >= 4 is 29.3 Å². The molecule has 0 unspecified atom stereocenters. The lowest BCUT2D eigenvalue weighted by atomic mass is 10.1. The molecule has 9 heteroatoms. The Bertz CT molecular complexity index is 869. The summed E-state index contributed by atoms with van der Waals surface area (Å²) in [6, 6.07) is 6.49. The molecular formula is C14H9N3O6. The molecule has 0 saturated carbocycles. The van der Waals surface area contributed by atoms with Gasteiger partial charge in [-0.1, -0.05) is 0 Å². The predicted molar refractivity (Wildman–Crippen MR) is 76.2 cm³/mol. The molecule has 1 aliphatic rings. The highest BCUT2D eigenvalue weighted by Gasteiger charge is 2.32. The Morgan fingerprint density at radius 2 is 1.87 bits per heavy atom. The Labute approximate surface area is 128 Å². The molecule has 0 bridgehead atoms. The van der Waals surface area contributed by atoms with Gasteiger partial charge in [-0.2, -0.15) is 0 Å². The molecule has 116 valence electrons. The molecule has 0 saturated heterocycles. The second-order valence-corrected chi connectivity index (χ2v) is 4.78. The van der Waals surface area contributed by atoms with Gasteiger partial charge in [-0.25, -0.2) is 0 Å². The average molecular weight is 315 g/mol. The third kappa shape index (κ3) is 2.33. The summed E-state index contributed by atoms with van der Waals surface area (Å²) in [5, 5.41) is 13.0. The van der Waals surface area contributed by atoms with Crippen LogP contribution in [0, 0.1) is 10.1 Å². The van der Waals surface area contributed by atoms with Gasteiger partial charge < -0.3 is 9.73 Å². The number of hydrogen-bond acceptors (Lipinski definition) is 6. The average Bonchev–Trinajstić information content (AvgIpc) is 3.09. The summed E-state index contributed by atoms with van der Waals surface area (Å²) in [6.07, 6.45) is 0. The lowest BCUT2D eigenvalue weighted by molar-refractivity contribution is -0.402. The molecule has 23 heavy (non-hydrogen) atoms. The molecule has 1 N–H and O–H groups in total. The number of fused-ring (bicyclic) bond motifs is 1. The Kier molecular flexibility index (Phi) is 3.17. The van der Waals surface area contributed by atoms with E-state index in [1.165, 1.54) is 31.3 Å². The highest BCUT2D eigenvalue weighted by molar-refractivity contribution is 6.21. The van der Waals surface area contributed by atoms with Crippen molar-refractivity contribution in [2.45, 2.75) is 0 Å². The van der Waals surface area contributed by atoms with E-state index in [9.17, 15) is 24.5 Å². The van der Waals surface area contributed by atoms with E-state index in [-0.39, 0.29) is 22.6 Å². The quantitative estimate of drug-likeness (QED) is 0.522. The van der Waals surface area contributed by atoms with E-state index in [2.05, 4.69) is 5.32 Å². The molecular weight excluding hydrogens is 306 g/mol. The van der Waals surface area contributed by atoms with Crippen LogP contribution in [0.2, 0.25) is 0 Å². The van der Waals surface area contributed by atoms with Gasteiger partial charge in [-0.05, 0) is 24.3 Å². The van der Waals surface area contributed by atoms with Crippen molar-refractivity contribution in [2.75, 3.05) is 12.4 Å². The first-order chi connectivity index (χ1) is 10.9.